The molecule has 7 heteroatoms. The van der Waals surface area contributed by atoms with Gasteiger partial charge < -0.3 is 4.74 Å². The molecule has 1 aliphatic rings. The summed E-state index contributed by atoms with van der Waals surface area (Å²) in [7, 11) is 1.60. The predicted octanol–water partition coefficient (Wildman–Crippen LogP) is 6.89. The van der Waals surface area contributed by atoms with Crippen molar-refractivity contribution in [2.45, 2.75) is 52.1 Å². The monoisotopic (exact) mass is 532 g/mol. The quantitative estimate of drug-likeness (QED) is 0.154. The highest BCUT2D eigenvalue weighted by atomic mass is 32.2. The lowest BCUT2D eigenvalue weighted by Crippen LogP contribution is -2.27. The first-order valence-electron chi connectivity index (χ1n) is 12.6. The number of carbonyl (C=O) groups excluding carboxylic acids is 1. The number of thiophene rings is 1. The zero-order valence-corrected chi connectivity index (χ0v) is 23.6. The highest BCUT2D eigenvalue weighted by Crippen LogP contribution is 2.42. The Balaban J connectivity index is 1.56. The average molecular weight is 533 g/mol. The summed E-state index contributed by atoms with van der Waals surface area (Å²) in [4.78, 5) is 34.1. The Bertz CT molecular complexity index is 1510. The molecule has 0 radical (unpaired) electrons. The number of aromatic nitrogens is 2. The molecule has 1 unspecified atom stereocenters. The summed E-state index contributed by atoms with van der Waals surface area (Å²) < 4.78 is 6.89. The SMILES string of the molecule is COc1ccc(C(=O)CSc2nc3sc4c(c3c(=O)n2-c2ccc(C)cc2)CCC(C(C)(C)C)C4)cc1. The topological polar surface area (TPSA) is 61.2 Å². The van der Waals surface area contributed by atoms with Crippen LogP contribution < -0.4 is 10.3 Å². The maximum atomic E-state index is 14.0. The average Bonchev–Trinajstić information content (AvgIpc) is 3.25. The van der Waals surface area contributed by atoms with Crippen molar-refractivity contribution in [3.05, 3.63) is 80.5 Å². The molecule has 0 fully saturated rings. The van der Waals surface area contributed by atoms with Crippen molar-refractivity contribution in [3.8, 4) is 11.4 Å². The Morgan fingerprint density at radius 3 is 2.49 bits per heavy atom. The van der Waals surface area contributed by atoms with Crippen molar-refractivity contribution in [2.24, 2.45) is 11.3 Å². The second-order valence-corrected chi connectivity index (χ2v) is 12.8. The number of benzene rings is 2. The van der Waals surface area contributed by atoms with Gasteiger partial charge in [-0.25, -0.2) is 4.98 Å². The van der Waals surface area contributed by atoms with E-state index in [4.69, 9.17) is 9.72 Å². The summed E-state index contributed by atoms with van der Waals surface area (Å²) in [5, 5.41) is 1.30. The molecule has 2 heterocycles. The molecular formula is C30H32N2O3S2. The van der Waals surface area contributed by atoms with E-state index in [-0.39, 0.29) is 22.5 Å². The van der Waals surface area contributed by atoms with Gasteiger partial charge in [0.05, 0.1) is 23.9 Å². The first kappa shape index (κ1) is 25.7. The van der Waals surface area contributed by atoms with E-state index in [1.807, 2.05) is 31.2 Å². The molecule has 4 aromatic rings. The zero-order valence-electron chi connectivity index (χ0n) is 22.0. The van der Waals surface area contributed by atoms with E-state index in [9.17, 15) is 9.59 Å². The molecule has 0 saturated heterocycles. The van der Waals surface area contributed by atoms with Crippen LogP contribution in [0, 0.1) is 18.3 Å². The Kier molecular flexibility index (Phi) is 7.03. The molecule has 5 nitrogen and oxygen atoms in total. The van der Waals surface area contributed by atoms with E-state index in [2.05, 4.69) is 20.8 Å². The highest BCUT2D eigenvalue weighted by Gasteiger charge is 2.32. The summed E-state index contributed by atoms with van der Waals surface area (Å²) in [6, 6.07) is 15.0. The molecule has 0 N–H and O–H groups in total. The number of methoxy groups -OCH3 is 1. The van der Waals surface area contributed by atoms with E-state index in [0.717, 1.165) is 40.7 Å². The van der Waals surface area contributed by atoms with Crippen LogP contribution in [0.4, 0.5) is 0 Å². The third-order valence-corrected chi connectivity index (χ3v) is 9.40. The molecule has 1 aliphatic carbocycles. The lowest BCUT2D eigenvalue weighted by atomic mass is 9.72. The van der Waals surface area contributed by atoms with Crippen LogP contribution in [-0.2, 0) is 12.8 Å². The fraction of sp³-hybridized carbons (Fsp3) is 0.367. The molecule has 192 valence electrons. The maximum absolute atomic E-state index is 14.0. The Labute approximate surface area is 225 Å². The molecule has 0 aliphatic heterocycles. The number of fused-ring (bicyclic) bond motifs is 3. The highest BCUT2D eigenvalue weighted by molar-refractivity contribution is 7.99. The van der Waals surface area contributed by atoms with Gasteiger partial charge in [0.25, 0.3) is 5.56 Å². The molecule has 2 aromatic carbocycles. The van der Waals surface area contributed by atoms with Gasteiger partial charge in [0.2, 0.25) is 0 Å². The van der Waals surface area contributed by atoms with Gasteiger partial charge in [-0.05, 0) is 79.5 Å². The fourth-order valence-corrected chi connectivity index (χ4v) is 7.20. The minimum absolute atomic E-state index is 0.0176. The summed E-state index contributed by atoms with van der Waals surface area (Å²) in [5.41, 5.74) is 3.86. The summed E-state index contributed by atoms with van der Waals surface area (Å²) in [6.45, 7) is 8.92. The first-order valence-corrected chi connectivity index (χ1v) is 14.4. The summed E-state index contributed by atoms with van der Waals surface area (Å²) in [5.74, 6) is 1.46. The molecule has 0 saturated carbocycles. The van der Waals surface area contributed by atoms with Crippen LogP contribution in [-0.4, -0.2) is 28.2 Å². The Hall–Kier alpha value is -2.90. The van der Waals surface area contributed by atoms with Crippen LogP contribution in [0.5, 0.6) is 5.75 Å². The number of rotatable bonds is 6. The fourth-order valence-electron chi connectivity index (χ4n) is 4.95. The van der Waals surface area contributed by atoms with Crippen molar-refractivity contribution in [3.63, 3.8) is 0 Å². The minimum atomic E-state index is -0.0417. The largest absolute Gasteiger partial charge is 0.497 e. The number of ether oxygens (including phenoxy) is 1. The third kappa shape index (κ3) is 5.12. The molecule has 5 rings (SSSR count). The second kappa shape index (κ2) is 10.1. The van der Waals surface area contributed by atoms with Crippen LogP contribution in [0.3, 0.4) is 0 Å². The summed E-state index contributed by atoms with van der Waals surface area (Å²) in [6.07, 6.45) is 2.98. The van der Waals surface area contributed by atoms with Crippen molar-refractivity contribution in [2.75, 3.05) is 12.9 Å². The van der Waals surface area contributed by atoms with Gasteiger partial charge in [0.15, 0.2) is 10.9 Å². The van der Waals surface area contributed by atoms with E-state index < -0.39 is 0 Å². The molecule has 37 heavy (non-hydrogen) atoms. The molecule has 0 spiro atoms. The van der Waals surface area contributed by atoms with Gasteiger partial charge in [0, 0.05) is 10.4 Å². The second-order valence-electron chi connectivity index (χ2n) is 10.8. The number of nitrogens with zero attached hydrogens (tertiary/aromatic N) is 2. The van der Waals surface area contributed by atoms with Gasteiger partial charge in [0.1, 0.15) is 10.6 Å². The van der Waals surface area contributed by atoms with Gasteiger partial charge in [-0.1, -0.05) is 50.2 Å². The number of hydrogen-bond donors (Lipinski definition) is 0. The van der Waals surface area contributed by atoms with Crippen molar-refractivity contribution in [1.29, 1.82) is 0 Å². The van der Waals surface area contributed by atoms with Crippen molar-refractivity contribution >= 4 is 39.1 Å². The van der Waals surface area contributed by atoms with Crippen LogP contribution in [0.25, 0.3) is 15.9 Å². The first-order chi connectivity index (χ1) is 17.7. The summed E-state index contributed by atoms with van der Waals surface area (Å²) >= 11 is 2.97. The van der Waals surface area contributed by atoms with E-state index in [1.54, 1.807) is 47.3 Å². The van der Waals surface area contributed by atoms with E-state index >= 15 is 0 Å². The van der Waals surface area contributed by atoms with Crippen LogP contribution >= 0.6 is 23.1 Å². The van der Waals surface area contributed by atoms with Crippen LogP contribution in [0.2, 0.25) is 0 Å². The van der Waals surface area contributed by atoms with E-state index in [0.29, 0.717) is 22.4 Å². The van der Waals surface area contributed by atoms with Gasteiger partial charge in [-0.2, -0.15) is 0 Å². The molecule has 0 amide bonds. The smallest absolute Gasteiger partial charge is 0.267 e. The van der Waals surface area contributed by atoms with Crippen LogP contribution in [0.1, 0.15) is 53.6 Å². The lowest BCUT2D eigenvalue weighted by molar-refractivity contribution is 0.102. The number of aryl methyl sites for hydroxylation is 2. The number of Topliss-reactive ketones (excluding diaryl/α,β-unsaturated/α-hetero) is 1. The number of thioether (sulfide) groups is 1. The van der Waals surface area contributed by atoms with Crippen LogP contribution in [0.15, 0.2) is 58.5 Å². The normalized spacial score (nSPS) is 15.5. The van der Waals surface area contributed by atoms with Crippen molar-refractivity contribution < 1.29 is 9.53 Å². The number of carbonyl (C=O) groups is 1. The van der Waals surface area contributed by atoms with E-state index in [1.165, 1.54) is 22.2 Å². The standard InChI is InChI=1S/C30H32N2O3S2/c1-18-6-11-21(12-7-18)32-28(34)26-23-15-10-20(30(2,3)4)16-25(23)37-27(26)31-29(32)36-17-24(33)19-8-13-22(35-5)14-9-19/h6-9,11-14,20H,10,15-17H2,1-5H3. The molecular weight excluding hydrogens is 500 g/mol. The minimum Gasteiger partial charge on any atom is -0.497 e. The lowest BCUT2D eigenvalue weighted by Gasteiger charge is -2.33. The number of hydrogen-bond acceptors (Lipinski definition) is 6. The molecule has 0 bridgehead atoms. The third-order valence-electron chi connectivity index (χ3n) is 7.31. The maximum Gasteiger partial charge on any atom is 0.267 e. The molecule has 2 aromatic heterocycles. The Morgan fingerprint density at radius 2 is 1.84 bits per heavy atom. The zero-order chi connectivity index (χ0) is 26.3. The van der Waals surface area contributed by atoms with Gasteiger partial charge in [-0.3, -0.25) is 14.2 Å². The Morgan fingerprint density at radius 1 is 1.14 bits per heavy atom. The number of ketones is 1. The van der Waals surface area contributed by atoms with Gasteiger partial charge in [-0.15, -0.1) is 11.3 Å². The molecule has 1 atom stereocenters. The predicted molar refractivity (Wildman–Crippen MR) is 153 cm³/mol. The van der Waals surface area contributed by atoms with Gasteiger partial charge >= 0.3 is 0 Å². The van der Waals surface area contributed by atoms with Crippen molar-refractivity contribution in [1.82, 2.24) is 9.55 Å².